The number of halogens is 1. The lowest BCUT2D eigenvalue weighted by Gasteiger charge is -2.33. The van der Waals surface area contributed by atoms with Crippen molar-refractivity contribution in [3.63, 3.8) is 0 Å². The van der Waals surface area contributed by atoms with Crippen LogP contribution in [0.2, 0.25) is 0 Å². The van der Waals surface area contributed by atoms with Crippen LogP contribution in [0.4, 0.5) is 10.6 Å². The molecule has 2 aromatic rings. The second-order valence-corrected chi connectivity index (χ2v) is 9.65. The first-order chi connectivity index (χ1) is 14.5. The van der Waals surface area contributed by atoms with E-state index in [1.165, 1.54) is 6.33 Å². The number of carbonyl (C=O) groups is 2. The van der Waals surface area contributed by atoms with Crippen molar-refractivity contribution in [1.82, 2.24) is 29.7 Å². The monoisotopic (exact) mass is 495 g/mol. The van der Waals surface area contributed by atoms with Gasteiger partial charge in [0.05, 0.1) is 0 Å². The minimum Gasteiger partial charge on any atom is -0.436 e. The lowest BCUT2D eigenvalue weighted by atomic mass is 9.93. The van der Waals surface area contributed by atoms with Crippen molar-refractivity contribution in [3.05, 3.63) is 11.1 Å². The van der Waals surface area contributed by atoms with Crippen molar-refractivity contribution >= 4 is 44.9 Å². The predicted octanol–water partition coefficient (Wildman–Crippen LogP) is 2.71. The maximum atomic E-state index is 12.6. The Hall–Kier alpha value is -2.43. The first-order valence-corrected chi connectivity index (χ1v) is 11.2. The van der Waals surface area contributed by atoms with E-state index in [0.717, 1.165) is 25.8 Å². The van der Waals surface area contributed by atoms with Gasteiger partial charge in [-0.3, -0.25) is 4.79 Å². The molecule has 0 unspecified atom stereocenters. The second-order valence-electron chi connectivity index (χ2n) is 8.94. The van der Waals surface area contributed by atoms with Crippen molar-refractivity contribution in [2.45, 2.75) is 65.1 Å². The molecular formula is C20H30BrN7O3. The third-order valence-electron chi connectivity index (χ3n) is 5.31. The summed E-state index contributed by atoms with van der Waals surface area (Å²) in [5.74, 6) is 0.690. The first-order valence-electron chi connectivity index (χ1n) is 10.4. The highest BCUT2D eigenvalue weighted by Gasteiger charge is 2.29. The highest BCUT2D eigenvalue weighted by Crippen LogP contribution is 2.26. The number of ether oxygens (including phenoxy) is 1. The fraction of sp³-hybridized carbons (Fsp3) is 0.650. The zero-order valence-electron chi connectivity index (χ0n) is 18.4. The molecule has 0 saturated carbocycles. The van der Waals surface area contributed by atoms with Crippen LogP contribution < -0.4 is 11.1 Å². The van der Waals surface area contributed by atoms with Crippen LogP contribution in [0, 0.1) is 5.92 Å². The van der Waals surface area contributed by atoms with E-state index >= 15 is 0 Å². The Balaban J connectivity index is 1.49. The average molecular weight is 496 g/mol. The van der Waals surface area contributed by atoms with E-state index in [-0.39, 0.29) is 5.91 Å². The second kappa shape index (κ2) is 9.37. The predicted molar refractivity (Wildman–Crippen MR) is 120 cm³/mol. The third kappa shape index (κ3) is 5.84. The molecule has 11 heteroatoms. The number of rotatable bonds is 5. The Labute approximate surface area is 190 Å². The number of alkyl carbamates (subject to hydrolysis) is 1. The fourth-order valence-electron chi connectivity index (χ4n) is 3.68. The average Bonchev–Trinajstić information content (AvgIpc) is 3.01. The molecule has 0 aliphatic carbocycles. The molecule has 3 N–H and O–H groups in total. The van der Waals surface area contributed by atoms with Gasteiger partial charge in [0.1, 0.15) is 6.33 Å². The van der Waals surface area contributed by atoms with Crippen LogP contribution in [0.15, 0.2) is 11.1 Å². The summed E-state index contributed by atoms with van der Waals surface area (Å²) in [7, 11) is 0. The van der Waals surface area contributed by atoms with E-state index in [2.05, 4.69) is 36.2 Å². The molecule has 10 nitrogen and oxygen atoms in total. The Kier molecular flexibility index (Phi) is 7.03. The summed E-state index contributed by atoms with van der Waals surface area (Å²) in [6, 6.07) is 0. The number of piperidine rings is 1. The molecule has 1 aliphatic rings. The van der Waals surface area contributed by atoms with E-state index < -0.39 is 17.7 Å². The zero-order chi connectivity index (χ0) is 22.8. The molecule has 3 heterocycles. The SMILES string of the molecule is C[C@H](OC(=O)NC(C)(C)C)C(=O)N1CCC(CCn2c(Br)nc3c(N)ncnc32)CC1. The molecule has 31 heavy (non-hydrogen) atoms. The minimum absolute atomic E-state index is 0.155. The number of carbonyl (C=O) groups excluding carboxylic acids is 2. The van der Waals surface area contributed by atoms with Crippen molar-refractivity contribution < 1.29 is 14.3 Å². The van der Waals surface area contributed by atoms with Crippen LogP contribution in [0.1, 0.15) is 47.0 Å². The molecule has 1 saturated heterocycles. The van der Waals surface area contributed by atoms with Gasteiger partial charge in [-0.1, -0.05) is 0 Å². The summed E-state index contributed by atoms with van der Waals surface area (Å²) in [4.78, 5) is 39.0. The van der Waals surface area contributed by atoms with Gasteiger partial charge in [0.15, 0.2) is 27.8 Å². The molecule has 170 valence electrons. The van der Waals surface area contributed by atoms with Crippen molar-refractivity contribution in [2.75, 3.05) is 18.8 Å². The highest BCUT2D eigenvalue weighted by molar-refractivity contribution is 9.10. The van der Waals surface area contributed by atoms with E-state index in [1.54, 1.807) is 11.8 Å². The molecule has 1 aliphatic heterocycles. The molecular weight excluding hydrogens is 466 g/mol. The Bertz CT molecular complexity index is 948. The molecule has 1 atom stereocenters. The van der Waals surface area contributed by atoms with E-state index in [4.69, 9.17) is 10.5 Å². The molecule has 1 fully saturated rings. The van der Waals surface area contributed by atoms with Gasteiger partial charge in [0.25, 0.3) is 5.91 Å². The smallest absolute Gasteiger partial charge is 0.408 e. The fourth-order valence-corrected chi connectivity index (χ4v) is 4.21. The first kappa shape index (κ1) is 23.2. The third-order valence-corrected chi connectivity index (χ3v) is 5.91. The van der Waals surface area contributed by atoms with Gasteiger partial charge in [0, 0.05) is 25.2 Å². The van der Waals surface area contributed by atoms with Crippen LogP contribution >= 0.6 is 15.9 Å². The Morgan fingerprint density at radius 2 is 2.00 bits per heavy atom. The summed E-state index contributed by atoms with van der Waals surface area (Å²) >= 11 is 3.48. The van der Waals surface area contributed by atoms with E-state index in [9.17, 15) is 9.59 Å². The zero-order valence-corrected chi connectivity index (χ0v) is 20.0. The highest BCUT2D eigenvalue weighted by atomic mass is 79.9. The number of hydrogen-bond acceptors (Lipinski definition) is 7. The van der Waals surface area contributed by atoms with E-state index in [0.29, 0.717) is 40.7 Å². The molecule has 0 radical (unpaired) electrons. The number of nitrogens with two attached hydrogens (primary N) is 1. The van der Waals surface area contributed by atoms with Gasteiger partial charge < -0.3 is 25.3 Å². The summed E-state index contributed by atoms with van der Waals surface area (Å²) in [6.45, 7) is 9.25. The number of fused-ring (bicyclic) bond motifs is 1. The molecule has 0 bridgehead atoms. The van der Waals surface area contributed by atoms with E-state index in [1.807, 2.05) is 25.3 Å². The lowest BCUT2D eigenvalue weighted by molar-refractivity contribution is -0.141. The van der Waals surface area contributed by atoms with Crippen LogP contribution in [-0.2, 0) is 16.1 Å². The molecule has 3 rings (SSSR count). The van der Waals surface area contributed by atoms with Crippen molar-refractivity contribution in [2.24, 2.45) is 5.92 Å². The Morgan fingerprint density at radius 1 is 1.32 bits per heavy atom. The summed E-state index contributed by atoms with van der Waals surface area (Å²) in [5.41, 5.74) is 6.78. The van der Waals surface area contributed by atoms with Gasteiger partial charge in [-0.15, -0.1) is 0 Å². The van der Waals surface area contributed by atoms with Gasteiger partial charge in [0.2, 0.25) is 0 Å². The number of imidazole rings is 1. The molecule has 0 aromatic carbocycles. The summed E-state index contributed by atoms with van der Waals surface area (Å²) < 4.78 is 7.93. The number of hydrogen-bond donors (Lipinski definition) is 2. The maximum absolute atomic E-state index is 12.6. The van der Waals surface area contributed by atoms with Gasteiger partial charge >= 0.3 is 6.09 Å². The standard InChI is InChI=1S/C20H30BrN7O3/c1-12(31-19(30)26-20(2,3)4)17(29)27-8-5-13(6-9-27)7-10-28-16-14(25-18(28)21)15(22)23-11-24-16/h11-13H,5-10H2,1-4H3,(H,26,30)(H2,22,23,24)/t12-/m0/s1. The van der Waals surface area contributed by atoms with Crippen molar-refractivity contribution in [1.29, 1.82) is 0 Å². The molecule has 2 aromatic heterocycles. The maximum Gasteiger partial charge on any atom is 0.408 e. The van der Waals surface area contributed by atoms with Crippen molar-refractivity contribution in [3.8, 4) is 0 Å². The number of likely N-dealkylation sites (tertiary alicyclic amines) is 1. The van der Waals surface area contributed by atoms with Gasteiger partial charge in [-0.2, -0.15) is 0 Å². The van der Waals surface area contributed by atoms with Crippen LogP contribution in [0.3, 0.4) is 0 Å². The summed E-state index contributed by atoms with van der Waals surface area (Å²) in [6.07, 6.45) is 2.79. The van der Waals surface area contributed by atoms with Crippen LogP contribution in [-0.4, -0.2) is 61.2 Å². The number of nitrogens with one attached hydrogen (secondary N) is 1. The van der Waals surface area contributed by atoms with Crippen LogP contribution in [0.25, 0.3) is 11.2 Å². The largest absolute Gasteiger partial charge is 0.436 e. The molecule has 0 spiro atoms. The number of anilines is 1. The minimum atomic E-state index is -0.808. The summed E-state index contributed by atoms with van der Waals surface area (Å²) in [5, 5.41) is 2.71. The number of aryl methyl sites for hydroxylation is 1. The molecule has 2 amide bonds. The quantitative estimate of drug-likeness (QED) is 0.609. The number of amides is 2. The van der Waals surface area contributed by atoms with Gasteiger partial charge in [-0.25, -0.2) is 19.7 Å². The number of nitrogens with zero attached hydrogens (tertiary/aromatic N) is 5. The lowest BCUT2D eigenvalue weighted by Crippen LogP contribution is -2.47. The Morgan fingerprint density at radius 3 is 2.65 bits per heavy atom. The van der Waals surface area contributed by atoms with Gasteiger partial charge in [-0.05, 0) is 68.8 Å². The topological polar surface area (TPSA) is 128 Å². The number of aromatic nitrogens is 4. The normalized spacial score (nSPS) is 16.4. The van der Waals surface area contributed by atoms with Crippen LogP contribution in [0.5, 0.6) is 0 Å². The number of nitrogen functional groups attached to an aromatic ring is 1.